The molecule has 1 aromatic heterocycles. The van der Waals surface area contributed by atoms with Crippen molar-refractivity contribution in [1.29, 1.82) is 0 Å². The third-order valence-electron chi connectivity index (χ3n) is 7.99. The summed E-state index contributed by atoms with van der Waals surface area (Å²) in [4.78, 5) is 51.1. The number of hydrogen-bond donors (Lipinski definition) is 3. The van der Waals surface area contributed by atoms with Crippen LogP contribution in [0.4, 0.5) is 11.4 Å². The van der Waals surface area contributed by atoms with Crippen LogP contribution in [0, 0.1) is 0 Å². The van der Waals surface area contributed by atoms with Crippen molar-refractivity contribution >= 4 is 35.6 Å². The molecule has 4 rings (SSSR count). The SMILES string of the molecule is C=CCOC(OC1CCCCO1)C1CCCCN1C(=O)c1cc(OC)c(OCCCC(=O)Nc2cc(C(=O)O)n(C)c2)cc1NC=O. The van der Waals surface area contributed by atoms with Crippen LogP contribution in [0.15, 0.2) is 37.1 Å². The molecule has 14 heteroatoms. The summed E-state index contributed by atoms with van der Waals surface area (Å²) in [6, 6.07) is 4.03. The number of carbonyl (C=O) groups is 4. The number of anilines is 2. The number of likely N-dealkylation sites (tertiary alicyclic amines) is 1. The number of nitrogens with zero attached hydrogens (tertiary/aromatic N) is 2. The lowest BCUT2D eigenvalue weighted by Gasteiger charge is -2.41. The minimum absolute atomic E-state index is 0.0522. The van der Waals surface area contributed by atoms with Gasteiger partial charge >= 0.3 is 5.97 Å². The third-order valence-corrected chi connectivity index (χ3v) is 7.99. The second kappa shape index (κ2) is 17.5. The number of benzene rings is 1. The van der Waals surface area contributed by atoms with Crippen LogP contribution in [0.2, 0.25) is 0 Å². The molecule has 256 valence electrons. The van der Waals surface area contributed by atoms with E-state index >= 15 is 0 Å². The minimum Gasteiger partial charge on any atom is -0.493 e. The van der Waals surface area contributed by atoms with Crippen molar-refractivity contribution in [3.63, 3.8) is 0 Å². The van der Waals surface area contributed by atoms with E-state index in [4.69, 9.17) is 23.7 Å². The van der Waals surface area contributed by atoms with E-state index in [0.717, 1.165) is 32.1 Å². The second-order valence-corrected chi connectivity index (χ2v) is 11.3. The van der Waals surface area contributed by atoms with E-state index < -0.39 is 24.6 Å². The Labute approximate surface area is 273 Å². The van der Waals surface area contributed by atoms with Crippen LogP contribution >= 0.6 is 0 Å². The van der Waals surface area contributed by atoms with E-state index in [-0.39, 0.29) is 59.9 Å². The van der Waals surface area contributed by atoms with Crippen molar-refractivity contribution in [2.24, 2.45) is 7.05 Å². The highest BCUT2D eigenvalue weighted by atomic mass is 16.8. The molecule has 3 amide bonds. The molecule has 3 N–H and O–H groups in total. The van der Waals surface area contributed by atoms with E-state index in [1.165, 1.54) is 36.1 Å². The van der Waals surface area contributed by atoms with Gasteiger partial charge in [0.15, 0.2) is 24.1 Å². The summed E-state index contributed by atoms with van der Waals surface area (Å²) in [6.07, 6.45) is 7.97. The highest BCUT2D eigenvalue weighted by molar-refractivity contribution is 6.02. The van der Waals surface area contributed by atoms with Gasteiger partial charge in [-0.25, -0.2) is 4.79 Å². The van der Waals surface area contributed by atoms with Gasteiger partial charge in [0.05, 0.1) is 43.3 Å². The quantitative estimate of drug-likeness (QED) is 0.0974. The zero-order valence-electron chi connectivity index (χ0n) is 26.9. The van der Waals surface area contributed by atoms with Crippen molar-refractivity contribution < 1.29 is 48.0 Å². The summed E-state index contributed by atoms with van der Waals surface area (Å²) in [5.74, 6) is -1.17. The van der Waals surface area contributed by atoms with E-state index in [2.05, 4.69) is 17.2 Å². The van der Waals surface area contributed by atoms with Gasteiger partial charge in [0.1, 0.15) is 5.69 Å². The number of piperidine rings is 1. The van der Waals surface area contributed by atoms with E-state index in [1.54, 1.807) is 18.0 Å². The number of nitrogens with one attached hydrogen (secondary N) is 2. The Morgan fingerprint density at radius 1 is 1.15 bits per heavy atom. The van der Waals surface area contributed by atoms with E-state index in [9.17, 15) is 24.3 Å². The van der Waals surface area contributed by atoms with Gasteiger partial charge in [0.2, 0.25) is 12.3 Å². The molecular formula is C33H44N4O10. The Hall–Kier alpha value is -4.40. The number of carbonyl (C=O) groups excluding carboxylic acids is 3. The normalized spacial score (nSPS) is 18.6. The maximum absolute atomic E-state index is 14.1. The number of ether oxygens (including phenoxy) is 5. The molecule has 0 aliphatic carbocycles. The van der Waals surface area contributed by atoms with Crippen LogP contribution in [0.1, 0.15) is 72.2 Å². The standard InChI is InChI=1S/C33H44N4O10/c1-4-14-46-33(47-30-12-6-8-15-45-30)25-10-5-7-13-37(25)31(40)23-18-27(43-3)28(19-24(23)34-21-38)44-16-9-11-29(39)35-22-17-26(32(41)42)36(2)20-22/h4,17-21,25,30,33H,1,5-16H2,2-3H3,(H,34,38)(H,35,39)(H,41,42). The Balaban J connectivity index is 1.45. The Morgan fingerprint density at radius 3 is 2.64 bits per heavy atom. The number of amides is 3. The molecule has 0 saturated carbocycles. The minimum atomic E-state index is -1.09. The average Bonchev–Trinajstić information content (AvgIpc) is 3.45. The Kier molecular flexibility index (Phi) is 13.2. The van der Waals surface area contributed by atoms with Gasteiger partial charge in [-0.1, -0.05) is 6.08 Å². The van der Waals surface area contributed by atoms with Gasteiger partial charge in [-0.15, -0.1) is 6.58 Å². The molecule has 0 radical (unpaired) electrons. The number of carboxylic acids is 1. The predicted molar refractivity (Wildman–Crippen MR) is 172 cm³/mol. The summed E-state index contributed by atoms with van der Waals surface area (Å²) in [5.41, 5.74) is 0.885. The zero-order chi connectivity index (χ0) is 33.8. The first-order valence-electron chi connectivity index (χ1n) is 15.8. The fourth-order valence-electron chi connectivity index (χ4n) is 5.70. The van der Waals surface area contributed by atoms with E-state index in [1.807, 2.05) is 0 Å². The van der Waals surface area contributed by atoms with Crippen molar-refractivity contribution in [3.8, 4) is 11.5 Å². The first-order valence-corrected chi connectivity index (χ1v) is 15.8. The number of rotatable bonds is 17. The number of methoxy groups -OCH3 is 1. The zero-order valence-corrected chi connectivity index (χ0v) is 26.9. The van der Waals surface area contributed by atoms with Crippen LogP contribution in [0.5, 0.6) is 11.5 Å². The number of aromatic nitrogens is 1. The fraction of sp³-hybridized carbons (Fsp3) is 0.515. The molecule has 2 aromatic rings. The van der Waals surface area contributed by atoms with Gasteiger partial charge < -0.3 is 48.9 Å². The number of aromatic carboxylic acids is 1. The molecule has 2 saturated heterocycles. The number of carboxylic acid groups (broad SMARTS) is 1. The highest BCUT2D eigenvalue weighted by Gasteiger charge is 2.37. The molecule has 3 unspecified atom stereocenters. The van der Waals surface area contributed by atoms with Crippen LogP contribution in [-0.2, 0) is 30.8 Å². The average molecular weight is 657 g/mol. The molecular weight excluding hydrogens is 612 g/mol. The molecule has 3 atom stereocenters. The van der Waals surface area contributed by atoms with Crippen molar-refractivity contribution in [3.05, 3.63) is 48.3 Å². The van der Waals surface area contributed by atoms with E-state index in [0.29, 0.717) is 38.1 Å². The van der Waals surface area contributed by atoms with Gasteiger partial charge in [-0.3, -0.25) is 14.4 Å². The van der Waals surface area contributed by atoms with Crippen LogP contribution in [-0.4, -0.2) is 90.9 Å². The lowest BCUT2D eigenvalue weighted by molar-refractivity contribution is -0.269. The molecule has 0 bridgehead atoms. The molecule has 14 nitrogen and oxygen atoms in total. The topological polar surface area (TPSA) is 167 Å². The lowest BCUT2D eigenvalue weighted by atomic mass is 9.99. The Morgan fingerprint density at radius 2 is 1.96 bits per heavy atom. The van der Waals surface area contributed by atoms with Gasteiger partial charge in [-0.05, 0) is 57.1 Å². The maximum Gasteiger partial charge on any atom is 0.352 e. The molecule has 0 spiro atoms. The first-order chi connectivity index (χ1) is 22.7. The summed E-state index contributed by atoms with van der Waals surface area (Å²) in [7, 11) is 3.03. The highest BCUT2D eigenvalue weighted by Crippen LogP contribution is 2.36. The second-order valence-electron chi connectivity index (χ2n) is 11.3. The largest absolute Gasteiger partial charge is 0.493 e. The smallest absolute Gasteiger partial charge is 0.352 e. The van der Waals surface area contributed by atoms with Gasteiger partial charge in [0.25, 0.3) is 5.91 Å². The Bertz CT molecular complexity index is 1400. The molecule has 2 fully saturated rings. The molecule has 3 heterocycles. The maximum atomic E-state index is 14.1. The summed E-state index contributed by atoms with van der Waals surface area (Å²) in [5, 5.41) is 14.5. The lowest BCUT2D eigenvalue weighted by Crippen LogP contribution is -2.52. The molecule has 1 aromatic carbocycles. The number of aryl methyl sites for hydroxylation is 1. The molecule has 2 aliphatic heterocycles. The summed E-state index contributed by atoms with van der Waals surface area (Å²) < 4.78 is 31.0. The van der Waals surface area contributed by atoms with Gasteiger partial charge in [-0.2, -0.15) is 0 Å². The fourth-order valence-corrected chi connectivity index (χ4v) is 5.70. The summed E-state index contributed by atoms with van der Waals surface area (Å²) >= 11 is 0. The van der Waals surface area contributed by atoms with Crippen LogP contribution in [0.3, 0.4) is 0 Å². The molecule has 47 heavy (non-hydrogen) atoms. The first kappa shape index (κ1) is 35.5. The van der Waals surface area contributed by atoms with Crippen molar-refractivity contribution in [2.75, 3.05) is 44.1 Å². The third kappa shape index (κ3) is 9.56. The monoisotopic (exact) mass is 656 g/mol. The summed E-state index contributed by atoms with van der Waals surface area (Å²) in [6.45, 7) is 5.20. The van der Waals surface area contributed by atoms with Crippen molar-refractivity contribution in [1.82, 2.24) is 9.47 Å². The van der Waals surface area contributed by atoms with Crippen molar-refractivity contribution in [2.45, 2.75) is 70.0 Å². The van der Waals surface area contributed by atoms with Gasteiger partial charge in [0, 0.05) is 38.9 Å². The molecule has 2 aliphatic rings. The van der Waals surface area contributed by atoms with Crippen LogP contribution in [0.25, 0.3) is 0 Å². The van der Waals surface area contributed by atoms with Crippen LogP contribution < -0.4 is 20.1 Å². The number of hydrogen-bond acceptors (Lipinski definition) is 9. The predicted octanol–water partition coefficient (Wildman–Crippen LogP) is 4.16.